The van der Waals surface area contributed by atoms with Gasteiger partial charge in [0.15, 0.2) is 0 Å². The van der Waals surface area contributed by atoms with Crippen molar-refractivity contribution in [1.82, 2.24) is 14.9 Å². The highest BCUT2D eigenvalue weighted by Gasteiger charge is 2.14. The maximum absolute atomic E-state index is 12.5. The summed E-state index contributed by atoms with van der Waals surface area (Å²) in [5, 5.41) is 4.16. The molecule has 0 amide bonds. The smallest absolute Gasteiger partial charge is 0.251 e. The Morgan fingerprint density at radius 2 is 2.00 bits per heavy atom. The highest BCUT2D eigenvalue weighted by atomic mass is 16.5. The number of nitrogens with one attached hydrogen (secondary N) is 2. The van der Waals surface area contributed by atoms with Crippen molar-refractivity contribution >= 4 is 10.9 Å². The van der Waals surface area contributed by atoms with E-state index in [-0.39, 0.29) is 17.2 Å². The number of rotatable bonds is 4. The van der Waals surface area contributed by atoms with Crippen molar-refractivity contribution in [3.8, 4) is 16.9 Å². The highest BCUT2D eigenvalue weighted by molar-refractivity contribution is 5.88. The molecule has 0 fully saturated rings. The summed E-state index contributed by atoms with van der Waals surface area (Å²) in [6.07, 6.45) is 9.44. The minimum atomic E-state index is -0.158. The number of pyridine rings is 2. The Kier molecular flexibility index (Phi) is 4.38. The molecular weight excluding hydrogens is 342 g/mol. The van der Waals surface area contributed by atoms with Gasteiger partial charge in [-0.05, 0) is 35.9 Å². The number of fused-ring (bicyclic) bond motifs is 1. The van der Waals surface area contributed by atoms with E-state index < -0.39 is 0 Å². The first-order valence-electron chi connectivity index (χ1n) is 8.66. The van der Waals surface area contributed by atoms with Gasteiger partial charge < -0.3 is 19.6 Å². The predicted octanol–water partition coefficient (Wildman–Crippen LogP) is 2.41. The quantitative estimate of drug-likeness (QED) is 0.748. The molecule has 0 bridgehead atoms. The number of H-pyrrole nitrogens is 1. The number of hydrogen-bond donors (Lipinski definition) is 2. The lowest BCUT2D eigenvalue weighted by Crippen LogP contribution is -2.33. The normalized spacial score (nSPS) is 15.7. The van der Waals surface area contributed by atoms with E-state index in [0.29, 0.717) is 12.3 Å². The van der Waals surface area contributed by atoms with Gasteiger partial charge in [0.05, 0.1) is 18.7 Å². The summed E-state index contributed by atoms with van der Waals surface area (Å²) in [7, 11) is 1.60. The third-order valence-electron chi connectivity index (χ3n) is 4.65. The number of hydrogen-bond acceptors (Lipinski definition) is 4. The first-order valence-corrected chi connectivity index (χ1v) is 8.66. The van der Waals surface area contributed by atoms with Crippen LogP contribution in [0.1, 0.15) is 0 Å². The average Bonchev–Trinajstić information content (AvgIpc) is 2.70. The van der Waals surface area contributed by atoms with Crippen molar-refractivity contribution in [2.24, 2.45) is 0 Å². The molecule has 0 saturated heterocycles. The molecule has 1 aliphatic heterocycles. The van der Waals surface area contributed by atoms with E-state index in [1.807, 2.05) is 42.6 Å². The van der Waals surface area contributed by atoms with Gasteiger partial charge in [0, 0.05) is 42.1 Å². The Balaban J connectivity index is 1.85. The van der Waals surface area contributed by atoms with Gasteiger partial charge in [0.2, 0.25) is 5.56 Å². The van der Waals surface area contributed by atoms with Gasteiger partial charge in [-0.15, -0.1) is 0 Å². The van der Waals surface area contributed by atoms with Crippen molar-refractivity contribution in [1.29, 1.82) is 0 Å². The summed E-state index contributed by atoms with van der Waals surface area (Å²) >= 11 is 0. The van der Waals surface area contributed by atoms with Gasteiger partial charge in [0.1, 0.15) is 5.75 Å². The molecule has 6 heteroatoms. The Bertz CT molecular complexity index is 1150. The highest BCUT2D eigenvalue weighted by Crippen LogP contribution is 2.33. The molecule has 4 rings (SSSR count). The second-order valence-corrected chi connectivity index (χ2v) is 6.35. The van der Waals surface area contributed by atoms with Crippen LogP contribution in [0.25, 0.3) is 22.0 Å². The van der Waals surface area contributed by atoms with Gasteiger partial charge in [0.25, 0.3) is 5.56 Å². The van der Waals surface area contributed by atoms with Crippen LogP contribution < -0.4 is 21.2 Å². The molecule has 3 aromatic rings. The fraction of sp³-hybridized carbons (Fsp3) is 0.143. The second-order valence-electron chi connectivity index (χ2n) is 6.35. The number of benzene rings is 1. The van der Waals surface area contributed by atoms with Crippen LogP contribution in [0.3, 0.4) is 0 Å². The maximum Gasteiger partial charge on any atom is 0.251 e. The van der Waals surface area contributed by atoms with E-state index in [9.17, 15) is 9.59 Å². The zero-order valence-corrected chi connectivity index (χ0v) is 14.8. The molecule has 3 heterocycles. The molecule has 1 aliphatic rings. The third kappa shape index (κ3) is 3.29. The fourth-order valence-corrected chi connectivity index (χ4v) is 3.28. The number of aromatic amines is 1. The van der Waals surface area contributed by atoms with Crippen molar-refractivity contribution in [3.63, 3.8) is 0 Å². The molecule has 1 atom stereocenters. The van der Waals surface area contributed by atoms with E-state index in [2.05, 4.69) is 10.3 Å². The SMILES string of the molecule is COc1cc2c(ccc(=O)n2CC2C=CC=CN2)cc1-c1ccc(=O)[nH]c1. The molecule has 27 heavy (non-hydrogen) atoms. The van der Waals surface area contributed by atoms with Crippen LogP contribution in [0.5, 0.6) is 5.75 Å². The average molecular weight is 361 g/mol. The summed E-state index contributed by atoms with van der Waals surface area (Å²) in [5.74, 6) is 0.640. The van der Waals surface area contributed by atoms with Crippen LogP contribution in [0, 0.1) is 0 Å². The summed E-state index contributed by atoms with van der Waals surface area (Å²) in [6, 6.07) is 10.5. The lowest BCUT2D eigenvalue weighted by Gasteiger charge is -2.19. The Hall–Kier alpha value is -3.54. The van der Waals surface area contributed by atoms with Gasteiger partial charge >= 0.3 is 0 Å². The van der Waals surface area contributed by atoms with E-state index in [4.69, 9.17) is 4.74 Å². The van der Waals surface area contributed by atoms with Gasteiger partial charge in [-0.2, -0.15) is 0 Å². The number of allylic oxidation sites excluding steroid dienone is 2. The molecule has 2 N–H and O–H groups in total. The zero-order chi connectivity index (χ0) is 18.8. The monoisotopic (exact) mass is 361 g/mol. The van der Waals surface area contributed by atoms with Crippen molar-refractivity contribution in [3.05, 3.63) is 87.7 Å². The predicted molar refractivity (Wildman–Crippen MR) is 106 cm³/mol. The van der Waals surface area contributed by atoms with Crippen molar-refractivity contribution in [2.45, 2.75) is 12.6 Å². The lowest BCUT2D eigenvalue weighted by molar-refractivity contribution is 0.416. The van der Waals surface area contributed by atoms with Crippen LogP contribution >= 0.6 is 0 Å². The van der Waals surface area contributed by atoms with Crippen LogP contribution in [0.4, 0.5) is 0 Å². The molecule has 136 valence electrons. The molecular formula is C21H19N3O3. The molecule has 0 aliphatic carbocycles. The lowest BCUT2D eigenvalue weighted by atomic mass is 10.0. The Morgan fingerprint density at radius 1 is 1.11 bits per heavy atom. The van der Waals surface area contributed by atoms with Crippen LogP contribution in [0.15, 0.2) is 76.6 Å². The molecule has 1 unspecified atom stereocenters. The molecule has 1 aromatic carbocycles. The van der Waals surface area contributed by atoms with E-state index in [1.54, 1.807) is 30.0 Å². The molecule has 2 aromatic heterocycles. The number of nitrogens with zero attached hydrogens (tertiary/aromatic N) is 1. The van der Waals surface area contributed by atoms with Crippen LogP contribution in [-0.2, 0) is 6.54 Å². The Morgan fingerprint density at radius 3 is 2.70 bits per heavy atom. The number of aromatic nitrogens is 2. The number of dihydropyridines is 1. The zero-order valence-electron chi connectivity index (χ0n) is 14.8. The molecule has 6 nitrogen and oxygen atoms in total. The number of methoxy groups -OCH3 is 1. The van der Waals surface area contributed by atoms with Crippen LogP contribution in [0.2, 0.25) is 0 Å². The molecule has 0 radical (unpaired) electrons. The first kappa shape index (κ1) is 16.9. The Labute approximate surface area is 155 Å². The second kappa shape index (κ2) is 6.99. The van der Waals surface area contributed by atoms with Crippen molar-refractivity contribution in [2.75, 3.05) is 7.11 Å². The summed E-state index contributed by atoms with van der Waals surface area (Å²) < 4.78 is 7.32. The van der Waals surface area contributed by atoms with Crippen LogP contribution in [-0.4, -0.2) is 22.7 Å². The van der Waals surface area contributed by atoms with E-state index in [1.165, 1.54) is 6.07 Å². The minimum absolute atomic E-state index is 0.0446. The summed E-state index contributed by atoms with van der Waals surface area (Å²) in [4.78, 5) is 26.5. The summed E-state index contributed by atoms with van der Waals surface area (Å²) in [6.45, 7) is 0.512. The topological polar surface area (TPSA) is 76.1 Å². The summed E-state index contributed by atoms with van der Waals surface area (Å²) in [5.41, 5.74) is 2.27. The van der Waals surface area contributed by atoms with Gasteiger partial charge in [-0.25, -0.2) is 0 Å². The molecule has 0 saturated carbocycles. The maximum atomic E-state index is 12.5. The van der Waals surface area contributed by atoms with Gasteiger partial charge in [-0.1, -0.05) is 12.2 Å². The van der Waals surface area contributed by atoms with Gasteiger partial charge in [-0.3, -0.25) is 9.59 Å². The standard InChI is InChI=1S/C21H19N3O3/c1-27-19-11-18-14(10-17(19)15-5-7-20(25)23-12-15)6-8-21(26)24(18)13-16-4-2-3-9-22-16/h2-12,16,22H,13H2,1H3,(H,23,25). The van der Waals surface area contributed by atoms with E-state index >= 15 is 0 Å². The fourth-order valence-electron chi connectivity index (χ4n) is 3.28. The minimum Gasteiger partial charge on any atom is -0.496 e. The molecule has 0 spiro atoms. The third-order valence-corrected chi connectivity index (χ3v) is 4.65. The number of ether oxygens (including phenoxy) is 1. The largest absolute Gasteiger partial charge is 0.496 e. The first-order chi connectivity index (χ1) is 13.2. The van der Waals surface area contributed by atoms with E-state index in [0.717, 1.165) is 22.0 Å². The van der Waals surface area contributed by atoms with Crippen molar-refractivity contribution < 1.29 is 4.74 Å².